The minimum absolute atomic E-state index is 0.0941. The number of hydrogen-bond acceptors (Lipinski definition) is 4. The van der Waals surface area contributed by atoms with Crippen LogP contribution in [0.5, 0.6) is 0 Å². The van der Waals surface area contributed by atoms with Crippen molar-refractivity contribution < 1.29 is 4.79 Å². The van der Waals surface area contributed by atoms with Gasteiger partial charge in [-0.05, 0) is 25.7 Å². The standard InChI is InChI=1S/C16H17N3OS/c20-15(19-18-13-8-4-5-9-13)10-16-17-14(11-21-16)12-6-2-1-3-7-12/h1-3,6-7,11H,4-5,8-10H2,(H,19,20). The maximum atomic E-state index is 11.9. The second kappa shape index (κ2) is 6.63. The van der Waals surface area contributed by atoms with Crippen LogP contribution in [0.25, 0.3) is 11.3 Å². The van der Waals surface area contributed by atoms with E-state index in [9.17, 15) is 4.79 Å². The summed E-state index contributed by atoms with van der Waals surface area (Å²) in [6.07, 6.45) is 4.67. The highest BCUT2D eigenvalue weighted by Gasteiger charge is 2.11. The van der Waals surface area contributed by atoms with Crippen molar-refractivity contribution in [3.63, 3.8) is 0 Å². The molecule has 0 unspecified atom stereocenters. The fourth-order valence-electron chi connectivity index (χ4n) is 2.35. The van der Waals surface area contributed by atoms with E-state index >= 15 is 0 Å². The van der Waals surface area contributed by atoms with E-state index in [-0.39, 0.29) is 12.3 Å². The van der Waals surface area contributed by atoms with Crippen molar-refractivity contribution in [2.75, 3.05) is 0 Å². The van der Waals surface area contributed by atoms with Crippen molar-refractivity contribution in [1.29, 1.82) is 0 Å². The fraction of sp³-hybridized carbons (Fsp3) is 0.312. The van der Waals surface area contributed by atoms with Gasteiger partial charge in [0.1, 0.15) is 5.01 Å². The summed E-state index contributed by atoms with van der Waals surface area (Å²) in [6.45, 7) is 0. The van der Waals surface area contributed by atoms with Crippen LogP contribution in [0.2, 0.25) is 0 Å². The molecule has 4 nitrogen and oxygen atoms in total. The molecule has 1 fully saturated rings. The normalized spacial score (nSPS) is 14.2. The number of rotatable bonds is 4. The SMILES string of the molecule is O=C(Cc1nc(-c2ccccc2)cs1)NN=C1CCCC1. The van der Waals surface area contributed by atoms with Gasteiger partial charge in [-0.3, -0.25) is 4.79 Å². The molecule has 1 aliphatic rings. The van der Waals surface area contributed by atoms with Gasteiger partial charge in [0.05, 0.1) is 12.1 Å². The van der Waals surface area contributed by atoms with Gasteiger partial charge in [-0.2, -0.15) is 5.10 Å². The van der Waals surface area contributed by atoms with Crippen molar-refractivity contribution in [1.82, 2.24) is 10.4 Å². The number of nitrogens with one attached hydrogen (secondary N) is 1. The highest BCUT2D eigenvalue weighted by Crippen LogP contribution is 2.21. The average molecular weight is 299 g/mol. The number of hydrazone groups is 1. The summed E-state index contributed by atoms with van der Waals surface area (Å²) in [7, 11) is 0. The molecular formula is C16H17N3OS. The predicted octanol–water partition coefficient (Wildman–Crippen LogP) is 3.40. The Labute approximate surface area is 127 Å². The monoisotopic (exact) mass is 299 g/mol. The molecule has 3 rings (SSSR count). The highest BCUT2D eigenvalue weighted by molar-refractivity contribution is 7.10. The van der Waals surface area contributed by atoms with Crippen molar-refractivity contribution in [3.8, 4) is 11.3 Å². The Morgan fingerprint density at radius 2 is 2.00 bits per heavy atom. The maximum absolute atomic E-state index is 11.9. The maximum Gasteiger partial charge on any atom is 0.246 e. The van der Waals surface area contributed by atoms with Gasteiger partial charge in [0.15, 0.2) is 0 Å². The molecule has 0 bridgehead atoms. The molecule has 1 aliphatic carbocycles. The van der Waals surface area contributed by atoms with E-state index in [1.54, 1.807) is 0 Å². The Hall–Kier alpha value is -2.01. The first-order valence-corrected chi connectivity index (χ1v) is 8.03. The third kappa shape index (κ3) is 3.76. The molecule has 0 saturated heterocycles. The van der Waals surface area contributed by atoms with E-state index in [2.05, 4.69) is 15.5 Å². The summed E-state index contributed by atoms with van der Waals surface area (Å²) < 4.78 is 0. The average Bonchev–Trinajstić information content (AvgIpc) is 3.17. The number of carbonyl (C=O) groups excluding carboxylic acids is 1. The van der Waals surface area contributed by atoms with Crippen LogP contribution in [0.15, 0.2) is 40.8 Å². The smallest absolute Gasteiger partial charge is 0.246 e. The minimum Gasteiger partial charge on any atom is -0.273 e. The van der Waals surface area contributed by atoms with Crippen LogP contribution in [0.1, 0.15) is 30.7 Å². The summed E-state index contributed by atoms with van der Waals surface area (Å²) in [5.41, 5.74) is 5.74. The topological polar surface area (TPSA) is 54.4 Å². The molecule has 0 spiro atoms. The van der Waals surface area contributed by atoms with E-state index in [1.807, 2.05) is 35.7 Å². The van der Waals surface area contributed by atoms with Gasteiger partial charge in [-0.15, -0.1) is 11.3 Å². The Morgan fingerprint density at radius 3 is 2.76 bits per heavy atom. The van der Waals surface area contributed by atoms with E-state index in [1.165, 1.54) is 24.2 Å². The van der Waals surface area contributed by atoms with E-state index in [4.69, 9.17) is 0 Å². The zero-order valence-electron chi connectivity index (χ0n) is 11.7. The molecule has 0 aliphatic heterocycles. The van der Waals surface area contributed by atoms with Crippen LogP contribution in [0.3, 0.4) is 0 Å². The Kier molecular flexibility index (Phi) is 4.40. The summed E-state index contributed by atoms with van der Waals surface area (Å²) in [6, 6.07) is 9.99. The van der Waals surface area contributed by atoms with E-state index < -0.39 is 0 Å². The van der Waals surface area contributed by atoms with Gasteiger partial charge in [-0.1, -0.05) is 30.3 Å². The van der Waals surface area contributed by atoms with E-state index in [0.717, 1.165) is 34.8 Å². The lowest BCUT2D eigenvalue weighted by atomic mass is 10.2. The molecule has 2 aromatic rings. The van der Waals surface area contributed by atoms with Crippen LogP contribution < -0.4 is 5.43 Å². The lowest BCUT2D eigenvalue weighted by molar-refractivity contribution is -0.120. The largest absolute Gasteiger partial charge is 0.273 e. The number of nitrogens with zero attached hydrogens (tertiary/aromatic N) is 2. The zero-order valence-corrected chi connectivity index (χ0v) is 12.5. The summed E-state index contributed by atoms with van der Waals surface area (Å²) >= 11 is 1.51. The van der Waals surface area contributed by atoms with Crippen molar-refractivity contribution in [3.05, 3.63) is 40.7 Å². The lowest BCUT2D eigenvalue weighted by Crippen LogP contribution is -2.20. The van der Waals surface area contributed by atoms with Gasteiger partial charge in [0.25, 0.3) is 0 Å². The second-order valence-electron chi connectivity index (χ2n) is 5.09. The highest BCUT2D eigenvalue weighted by atomic mass is 32.1. The Balaban J connectivity index is 1.59. The molecule has 1 aromatic carbocycles. The zero-order chi connectivity index (χ0) is 14.5. The molecule has 0 radical (unpaired) electrons. The molecule has 1 amide bonds. The third-order valence-electron chi connectivity index (χ3n) is 3.45. The molecule has 0 atom stereocenters. The molecule has 108 valence electrons. The quantitative estimate of drug-likeness (QED) is 0.880. The number of amides is 1. The molecule has 1 N–H and O–H groups in total. The first-order valence-electron chi connectivity index (χ1n) is 7.15. The van der Waals surface area contributed by atoms with E-state index in [0.29, 0.717) is 0 Å². The number of benzene rings is 1. The van der Waals surface area contributed by atoms with Crippen molar-refractivity contribution in [2.45, 2.75) is 32.1 Å². The number of aromatic nitrogens is 1. The fourth-order valence-corrected chi connectivity index (χ4v) is 3.15. The summed E-state index contributed by atoms with van der Waals surface area (Å²) in [5.74, 6) is -0.0941. The van der Waals surface area contributed by atoms with Gasteiger partial charge in [0.2, 0.25) is 5.91 Å². The predicted molar refractivity (Wildman–Crippen MR) is 85.3 cm³/mol. The Bertz CT molecular complexity index is 641. The first-order chi connectivity index (χ1) is 10.3. The molecular weight excluding hydrogens is 282 g/mol. The van der Waals surface area contributed by atoms with Crippen LogP contribution in [-0.4, -0.2) is 16.6 Å². The minimum atomic E-state index is -0.0941. The summed E-state index contributed by atoms with van der Waals surface area (Å²) in [4.78, 5) is 16.4. The number of hydrogen-bond donors (Lipinski definition) is 1. The molecule has 21 heavy (non-hydrogen) atoms. The molecule has 1 saturated carbocycles. The van der Waals surface area contributed by atoms with Crippen LogP contribution in [0, 0.1) is 0 Å². The number of carbonyl (C=O) groups is 1. The first kappa shape index (κ1) is 13.9. The Morgan fingerprint density at radius 1 is 1.24 bits per heavy atom. The second-order valence-corrected chi connectivity index (χ2v) is 6.03. The van der Waals surface area contributed by atoms with Crippen molar-refractivity contribution >= 4 is 23.0 Å². The molecule has 1 heterocycles. The van der Waals surface area contributed by atoms with Gasteiger partial charge < -0.3 is 0 Å². The van der Waals surface area contributed by atoms with Crippen molar-refractivity contribution in [2.24, 2.45) is 5.10 Å². The molecule has 1 aromatic heterocycles. The third-order valence-corrected chi connectivity index (χ3v) is 4.30. The number of thiazole rings is 1. The van der Waals surface area contributed by atoms with Crippen LogP contribution in [-0.2, 0) is 11.2 Å². The van der Waals surface area contributed by atoms with Gasteiger partial charge >= 0.3 is 0 Å². The lowest BCUT2D eigenvalue weighted by Gasteiger charge is -1.99. The van der Waals surface area contributed by atoms with Gasteiger partial charge in [0, 0.05) is 16.7 Å². The molecule has 5 heteroatoms. The summed E-state index contributed by atoms with van der Waals surface area (Å²) in [5, 5.41) is 6.98. The van der Waals surface area contributed by atoms with Gasteiger partial charge in [-0.25, -0.2) is 10.4 Å². The van der Waals surface area contributed by atoms with Crippen LogP contribution in [0.4, 0.5) is 0 Å². The van der Waals surface area contributed by atoms with Crippen LogP contribution >= 0.6 is 11.3 Å².